The number of halogens is 1. The van der Waals surface area contributed by atoms with E-state index < -0.39 is 0 Å². The zero-order valence-corrected chi connectivity index (χ0v) is 20.8. The van der Waals surface area contributed by atoms with Crippen LogP contribution in [0.25, 0.3) is 0 Å². The lowest BCUT2D eigenvalue weighted by Crippen LogP contribution is -2.48. The van der Waals surface area contributed by atoms with Crippen LogP contribution >= 0.6 is 24.0 Å². The van der Waals surface area contributed by atoms with Gasteiger partial charge in [-0.2, -0.15) is 0 Å². The molecule has 2 heterocycles. The van der Waals surface area contributed by atoms with Gasteiger partial charge >= 0.3 is 0 Å². The van der Waals surface area contributed by atoms with E-state index in [0.717, 1.165) is 38.7 Å². The molecule has 2 fully saturated rings. The minimum absolute atomic E-state index is 0. The molecule has 0 aromatic heterocycles. The van der Waals surface area contributed by atoms with Crippen molar-refractivity contribution in [2.75, 3.05) is 46.3 Å². The van der Waals surface area contributed by atoms with Crippen molar-refractivity contribution in [3.05, 3.63) is 35.4 Å². The van der Waals surface area contributed by atoms with Crippen LogP contribution in [-0.4, -0.2) is 68.1 Å². The number of likely N-dealkylation sites (tertiary alicyclic amines) is 2. The monoisotopic (exact) mass is 513 g/mol. The fourth-order valence-corrected chi connectivity index (χ4v) is 4.42. The van der Waals surface area contributed by atoms with Gasteiger partial charge in [-0.05, 0) is 70.2 Å². The summed E-state index contributed by atoms with van der Waals surface area (Å²) in [5, 5.41) is 7.15. The number of benzene rings is 1. The lowest BCUT2D eigenvalue weighted by atomic mass is 9.99. The molecule has 0 radical (unpaired) electrons. The summed E-state index contributed by atoms with van der Waals surface area (Å²) < 4.78 is 0. The van der Waals surface area contributed by atoms with Crippen LogP contribution in [0.5, 0.6) is 0 Å². The van der Waals surface area contributed by atoms with Crippen molar-refractivity contribution < 1.29 is 0 Å². The van der Waals surface area contributed by atoms with E-state index in [1.54, 1.807) is 0 Å². The molecule has 2 N–H and O–H groups in total. The molecule has 0 saturated carbocycles. The molecule has 164 valence electrons. The third kappa shape index (κ3) is 8.06. The number of hydrogen-bond acceptors (Lipinski definition) is 3. The normalized spacial score (nSPS) is 22.2. The topological polar surface area (TPSA) is 42.9 Å². The van der Waals surface area contributed by atoms with E-state index in [1.165, 1.54) is 49.9 Å². The van der Waals surface area contributed by atoms with E-state index in [9.17, 15) is 0 Å². The molecule has 0 bridgehead atoms. The number of guanidine groups is 1. The molecule has 1 atom stereocenters. The van der Waals surface area contributed by atoms with Crippen LogP contribution in [0.1, 0.15) is 43.7 Å². The summed E-state index contributed by atoms with van der Waals surface area (Å²) in [4.78, 5) is 9.94. The smallest absolute Gasteiger partial charge is 0.191 e. The van der Waals surface area contributed by atoms with E-state index in [4.69, 9.17) is 4.99 Å². The third-order valence-corrected chi connectivity index (χ3v) is 6.16. The van der Waals surface area contributed by atoms with Gasteiger partial charge in [0.05, 0.1) is 0 Å². The summed E-state index contributed by atoms with van der Waals surface area (Å²) in [6, 6.07) is 9.28. The lowest BCUT2D eigenvalue weighted by molar-refractivity contribution is 0.198. The van der Waals surface area contributed by atoms with Gasteiger partial charge < -0.3 is 15.5 Å². The van der Waals surface area contributed by atoms with Crippen LogP contribution in [0.2, 0.25) is 0 Å². The van der Waals surface area contributed by atoms with Crippen LogP contribution in [0.4, 0.5) is 0 Å². The molecule has 6 heteroatoms. The first-order valence-electron chi connectivity index (χ1n) is 11.1. The quantitative estimate of drug-likeness (QED) is 0.348. The standard InChI is InChI=1S/C23H39N5.HI/c1-4-24-23(25-16-20-9-7-13-27(3)17-20)26-22-11-14-28(15-12-22)18-21-10-6-5-8-19(21)2;/h5-6,8,10,20,22H,4,7,9,11-18H2,1-3H3,(H2,24,25,26);1H. The maximum atomic E-state index is 4.92. The largest absolute Gasteiger partial charge is 0.357 e. The molecule has 1 aromatic rings. The summed E-state index contributed by atoms with van der Waals surface area (Å²) in [5.74, 6) is 1.71. The minimum Gasteiger partial charge on any atom is -0.357 e. The minimum atomic E-state index is 0. The van der Waals surface area contributed by atoms with Gasteiger partial charge in [-0.25, -0.2) is 0 Å². The van der Waals surface area contributed by atoms with Gasteiger partial charge in [0.15, 0.2) is 5.96 Å². The number of nitrogens with zero attached hydrogens (tertiary/aromatic N) is 3. The summed E-state index contributed by atoms with van der Waals surface area (Å²) >= 11 is 0. The Hall–Kier alpha value is -0.860. The van der Waals surface area contributed by atoms with E-state index in [0.29, 0.717) is 12.0 Å². The number of piperidine rings is 2. The average molecular weight is 514 g/mol. The highest BCUT2D eigenvalue weighted by molar-refractivity contribution is 14.0. The molecule has 0 spiro atoms. The molecule has 3 rings (SSSR count). The summed E-state index contributed by atoms with van der Waals surface area (Å²) in [7, 11) is 2.23. The van der Waals surface area contributed by atoms with Crippen molar-refractivity contribution >= 4 is 29.9 Å². The Morgan fingerprint density at radius 2 is 1.90 bits per heavy atom. The maximum Gasteiger partial charge on any atom is 0.191 e. The second-order valence-electron chi connectivity index (χ2n) is 8.61. The molecule has 0 amide bonds. The number of aryl methyl sites for hydroxylation is 1. The lowest BCUT2D eigenvalue weighted by Gasteiger charge is -2.33. The predicted molar refractivity (Wildman–Crippen MR) is 134 cm³/mol. The number of hydrogen-bond donors (Lipinski definition) is 2. The molecule has 29 heavy (non-hydrogen) atoms. The van der Waals surface area contributed by atoms with Gasteiger partial charge in [0.2, 0.25) is 0 Å². The van der Waals surface area contributed by atoms with Crippen LogP contribution in [-0.2, 0) is 6.54 Å². The van der Waals surface area contributed by atoms with Crippen LogP contribution < -0.4 is 10.6 Å². The summed E-state index contributed by atoms with van der Waals surface area (Å²) in [5.41, 5.74) is 2.86. The molecule has 2 saturated heterocycles. The third-order valence-electron chi connectivity index (χ3n) is 6.16. The molecule has 0 aliphatic carbocycles. The van der Waals surface area contributed by atoms with Gasteiger partial charge in [0.1, 0.15) is 0 Å². The zero-order chi connectivity index (χ0) is 19.8. The summed E-state index contributed by atoms with van der Waals surface area (Å²) in [6.45, 7) is 12.0. The fourth-order valence-electron chi connectivity index (χ4n) is 4.42. The van der Waals surface area contributed by atoms with E-state index in [-0.39, 0.29) is 24.0 Å². The van der Waals surface area contributed by atoms with Gasteiger partial charge in [-0.3, -0.25) is 9.89 Å². The van der Waals surface area contributed by atoms with Crippen LogP contribution in [0.3, 0.4) is 0 Å². The first-order valence-corrected chi connectivity index (χ1v) is 11.1. The second-order valence-corrected chi connectivity index (χ2v) is 8.61. The first-order chi connectivity index (χ1) is 13.6. The van der Waals surface area contributed by atoms with Crippen molar-refractivity contribution in [1.82, 2.24) is 20.4 Å². The van der Waals surface area contributed by atoms with Crippen LogP contribution in [0, 0.1) is 12.8 Å². The second kappa shape index (κ2) is 12.7. The Labute approximate surface area is 194 Å². The van der Waals surface area contributed by atoms with Gasteiger partial charge in [0, 0.05) is 45.3 Å². The molecule has 1 aromatic carbocycles. The Morgan fingerprint density at radius 1 is 1.14 bits per heavy atom. The van der Waals surface area contributed by atoms with Crippen molar-refractivity contribution in [3.63, 3.8) is 0 Å². The molecule has 2 aliphatic heterocycles. The highest BCUT2D eigenvalue weighted by Crippen LogP contribution is 2.17. The Bertz CT molecular complexity index is 627. The predicted octanol–water partition coefficient (Wildman–Crippen LogP) is 3.47. The van der Waals surface area contributed by atoms with E-state index in [1.807, 2.05) is 0 Å². The maximum absolute atomic E-state index is 4.92. The zero-order valence-electron chi connectivity index (χ0n) is 18.5. The van der Waals surface area contributed by atoms with Gasteiger partial charge in [0.25, 0.3) is 0 Å². The van der Waals surface area contributed by atoms with Gasteiger partial charge in [-0.1, -0.05) is 24.3 Å². The molecule has 5 nitrogen and oxygen atoms in total. The molecule has 2 aliphatic rings. The first kappa shape index (κ1) is 24.4. The molecular formula is C23H40IN5. The number of rotatable bonds is 6. The van der Waals surface area contributed by atoms with Crippen molar-refractivity contribution in [2.45, 2.75) is 52.1 Å². The number of aliphatic imine (C=N–C) groups is 1. The van der Waals surface area contributed by atoms with Crippen molar-refractivity contribution in [3.8, 4) is 0 Å². The SMILES string of the molecule is CCNC(=NCC1CCCN(C)C1)NC1CCN(Cc2ccccc2C)CC1.I. The summed E-state index contributed by atoms with van der Waals surface area (Å²) in [6.07, 6.45) is 4.98. The highest BCUT2D eigenvalue weighted by atomic mass is 127. The van der Waals surface area contributed by atoms with Gasteiger partial charge in [-0.15, -0.1) is 24.0 Å². The van der Waals surface area contributed by atoms with Crippen LogP contribution in [0.15, 0.2) is 29.3 Å². The van der Waals surface area contributed by atoms with E-state index in [2.05, 4.69) is 65.6 Å². The Morgan fingerprint density at radius 3 is 2.59 bits per heavy atom. The highest BCUT2D eigenvalue weighted by Gasteiger charge is 2.21. The average Bonchev–Trinajstić information content (AvgIpc) is 2.69. The Balaban J connectivity index is 0.00000300. The molecular weight excluding hydrogens is 473 g/mol. The molecule has 1 unspecified atom stereocenters. The van der Waals surface area contributed by atoms with Crippen molar-refractivity contribution in [2.24, 2.45) is 10.9 Å². The Kier molecular flexibility index (Phi) is 10.7. The van der Waals surface area contributed by atoms with Crippen molar-refractivity contribution in [1.29, 1.82) is 0 Å². The van der Waals surface area contributed by atoms with E-state index >= 15 is 0 Å². The number of nitrogens with one attached hydrogen (secondary N) is 2. The fraction of sp³-hybridized carbons (Fsp3) is 0.696.